The standard InChI is InChI=1S/C9H17ClN4/c1-11-4-5-13(2)6-8-9(10)12-7-14(8)3/h7,11H,4-6H2,1-3H3. The quantitative estimate of drug-likeness (QED) is 0.788. The molecule has 0 aliphatic carbocycles. The van der Waals surface area contributed by atoms with Gasteiger partial charge in [-0.05, 0) is 14.1 Å². The van der Waals surface area contributed by atoms with E-state index in [9.17, 15) is 0 Å². The minimum Gasteiger partial charge on any atom is -0.335 e. The van der Waals surface area contributed by atoms with Crippen molar-refractivity contribution in [3.63, 3.8) is 0 Å². The summed E-state index contributed by atoms with van der Waals surface area (Å²) in [5.41, 5.74) is 1.06. The summed E-state index contributed by atoms with van der Waals surface area (Å²) in [4.78, 5) is 6.24. The van der Waals surface area contributed by atoms with Gasteiger partial charge in [0.05, 0.1) is 12.0 Å². The van der Waals surface area contributed by atoms with Crippen molar-refractivity contribution in [1.82, 2.24) is 19.8 Å². The fourth-order valence-electron chi connectivity index (χ4n) is 1.24. The van der Waals surface area contributed by atoms with Gasteiger partial charge in [0, 0.05) is 26.7 Å². The number of likely N-dealkylation sites (N-methyl/N-ethyl adjacent to an activating group) is 2. The van der Waals surface area contributed by atoms with Crippen molar-refractivity contribution in [3.05, 3.63) is 17.2 Å². The Hall–Kier alpha value is -0.580. The monoisotopic (exact) mass is 216 g/mol. The number of imidazole rings is 1. The molecule has 0 saturated heterocycles. The van der Waals surface area contributed by atoms with Crippen LogP contribution in [0.4, 0.5) is 0 Å². The Morgan fingerprint density at radius 1 is 1.64 bits per heavy atom. The second-order valence-electron chi connectivity index (χ2n) is 3.43. The lowest BCUT2D eigenvalue weighted by Gasteiger charge is -2.16. The van der Waals surface area contributed by atoms with Crippen molar-refractivity contribution in [3.8, 4) is 0 Å². The number of rotatable bonds is 5. The number of aromatic nitrogens is 2. The van der Waals surface area contributed by atoms with Gasteiger partial charge >= 0.3 is 0 Å². The molecule has 0 aliphatic heterocycles. The molecule has 1 N–H and O–H groups in total. The largest absolute Gasteiger partial charge is 0.335 e. The number of hydrogen-bond donors (Lipinski definition) is 1. The summed E-state index contributed by atoms with van der Waals surface area (Å²) in [6.07, 6.45) is 1.74. The first kappa shape index (κ1) is 11.5. The van der Waals surface area contributed by atoms with Crippen LogP contribution in [-0.4, -0.2) is 41.6 Å². The van der Waals surface area contributed by atoms with Gasteiger partial charge in [-0.2, -0.15) is 0 Å². The highest BCUT2D eigenvalue weighted by molar-refractivity contribution is 6.30. The number of hydrogen-bond acceptors (Lipinski definition) is 3. The third-order valence-electron chi connectivity index (χ3n) is 2.17. The Kier molecular flexibility index (Phi) is 4.38. The van der Waals surface area contributed by atoms with Crippen LogP contribution in [0.25, 0.3) is 0 Å². The molecule has 4 nitrogen and oxygen atoms in total. The predicted octanol–water partition coefficient (Wildman–Crippen LogP) is 0.725. The average Bonchev–Trinajstić information content (AvgIpc) is 2.46. The molecule has 0 amide bonds. The van der Waals surface area contributed by atoms with Crippen molar-refractivity contribution >= 4 is 11.6 Å². The second kappa shape index (κ2) is 5.34. The zero-order valence-corrected chi connectivity index (χ0v) is 9.67. The molecule has 14 heavy (non-hydrogen) atoms. The number of aryl methyl sites for hydroxylation is 1. The van der Waals surface area contributed by atoms with Crippen molar-refractivity contribution in [2.45, 2.75) is 6.54 Å². The molecule has 0 fully saturated rings. The molecule has 1 heterocycles. The second-order valence-corrected chi connectivity index (χ2v) is 3.79. The van der Waals surface area contributed by atoms with E-state index in [4.69, 9.17) is 11.6 Å². The van der Waals surface area contributed by atoms with Gasteiger partial charge < -0.3 is 9.88 Å². The first-order valence-corrected chi connectivity index (χ1v) is 5.01. The van der Waals surface area contributed by atoms with E-state index >= 15 is 0 Å². The summed E-state index contributed by atoms with van der Waals surface area (Å²) in [6, 6.07) is 0. The van der Waals surface area contributed by atoms with Crippen LogP contribution >= 0.6 is 11.6 Å². The van der Waals surface area contributed by atoms with Crippen molar-refractivity contribution in [2.75, 3.05) is 27.2 Å². The highest BCUT2D eigenvalue weighted by Crippen LogP contribution is 2.13. The van der Waals surface area contributed by atoms with E-state index < -0.39 is 0 Å². The lowest BCUT2D eigenvalue weighted by atomic mass is 10.4. The summed E-state index contributed by atoms with van der Waals surface area (Å²) in [5.74, 6) is 0. The van der Waals surface area contributed by atoms with E-state index in [1.165, 1.54) is 0 Å². The topological polar surface area (TPSA) is 33.1 Å². The first-order chi connectivity index (χ1) is 6.65. The summed E-state index contributed by atoms with van der Waals surface area (Å²) >= 11 is 5.95. The lowest BCUT2D eigenvalue weighted by Crippen LogP contribution is -2.27. The molecule has 0 spiro atoms. The third kappa shape index (κ3) is 2.97. The van der Waals surface area contributed by atoms with Gasteiger partial charge in [-0.25, -0.2) is 4.98 Å². The summed E-state index contributed by atoms with van der Waals surface area (Å²) in [7, 11) is 5.98. The molecule has 0 bridgehead atoms. The van der Waals surface area contributed by atoms with Crippen LogP contribution in [0, 0.1) is 0 Å². The fourth-order valence-corrected chi connectivity index (χ4v) is 1.48. The molecule has 80 valence electrons. The van der Waals surface area contributed by atoms with Gasteiger partial charge in [-0.3, -0.25) is 4.90 Å². The van der Waals surface area contributed by atoms with Gasteiger partial charge in [-0.15, -0.1) is 0 Å². The maximum Gasteiger partial charge on any atom is 0.151 e. The molecular weight excluding hydrogens is 200 g/mol. The van der Waals surface area contributed by atoms with E-state index in [0.29, 0.717) is 5.15 Å². The van der Waals surface area contributed by atoms with E-state index in [0.717, 1.165) is 25.3 Å². The first-order valence-electron chi connectivity index (χ1n) is 4.64. The number of nitrogens with zero attached hydrogens (tertiary/aromatic N) is 3. The average molecular weight is 217 g/mol. The van der Waals surface area contributed by atoms with Crippen molar-refractivity contribution in [2.24, 2.45) is 7.05 Å². The molecule has 0 aromatic carbocycles. The zero-order chi connectivity index (χ0) is 10.6. The Labute approximate surface area is 89.9 Å². The smallest absolute Gasteiger partial charge is 0.151 e. The van der Waals surface area contributed by atoms with Gasteiger partial charge in [0.1, 0.15) is 0 Å². The predicted molar refractivity (Wildman–Crippen MR) is 58.5 cm³/mol. The molecule has 1 aromatic rings. The highest BCUT2D eigenvalue weighted by atomic mass is 35.5. The maximum absolute atomic E-state index is 5.95. The van der Waals surface area contributed by atoms with Gasteiger partial charge in [0.15, 0.2) is 5.15 Å². The van der Waals surface area contributed by atoms with Crippen LogP contribution in [-0.2, 0) is 13.6 Å². The van der Waals surface area contributed by atoms with Gasteiger partial charge in [-0.1, -0.05) is 11.6 Å². The summed E-state index contributed by atoms with van der Waals surface area (Å²) < 4.78 is 1.96. The van der Waals surface area contributed by atoms with Crippen LogP contribution in [0.3, 0.4) is 0 Å². The number of nitrogens with one attached hydrogen (secondary N) is 1. The third-order valence-corrected chi connectivity index (χ3v) is 2.49. The SMILES string of the molecule is CNCCN(C)Cc1c(Cl)ncn1C. The van der Waals surface area contributed by atoms with E-state index in [-0.39, 0.29) is 0 Å². The van der Waals surface area contributed by atoms with Crippen LogP contribution in [0.1, 0.15) is 5.69 Å². The molecular formula is C9H17ClN4. The summed E-state index contributed by atoms with van der Waals surface area (Å²) in [6.45, 7) is 2.81. The van der Waals surface area contributed by atoms with Gasteiger partial charge in [0.25, 0.3) is 0 Å². The molecule has 0 unspecified atom stereocenters. The minimum absolute atomic E-state index is 0.601. The van der Waals surface area contributed by atoms with Crippen molar-refractivity contribution < 1.29 is 0 Å². The molecule has 5 heteroatoms. The Morgan fingerprint density at radius 2 is 2.36 bits per heavy atom. The van der Waals surface area contributed by atoms with Crippen molar-refractivity contribution in [1.29, 1.82) is 0 Å². The molecule has 1 aromatic heterocycles. The van der Waals surface area contributed by atoms with Crippen LogP contribution in [0.15, 0.2) is 6.33 Å². The van der Waals surface area contributed by atoms with E-state index in [1.54, 1.807) is 6.33 Å². The Balaban J connectivity index is 2.51. The normalized spacial score (nSPS) is 11.2. The lowest BCUT2D eigenvalue weighted by molar-refractivity contribution is 0.321. The molecule has 0 aliphatic rings. The van der Waals surface area contributed by atoms with Crippen LogP contribution in [0.2, 0.25) is 5.15 Å². The van der Waals surface area contributed by atoms with Crippen LogP contribution < -0.4 is 5.32 Å². The maximum atomic E-state index is 5.95. The molecule has 0 radical (unpaired) electrons. The van der Waals surface area contributed by atoms with Gasteiger partial charge in [0.2, 0.25) is 0 Å². The minimum atomic E-state index is 0.601. The van der Waals surface area contributed by atoms with Crippen LogP contribution in [0.5, 0.6) is 0 Å². The Morgan fingerprint density at radius 3 is 2.86 bits per heavy atom. The summed E-state index contributed by atoms with van der Waals surface area (Å²) in [5, 5.41) is 3.71. The van der Waals surface area contributed by atoms with E-state index in [1.807, 2.05) is 18.7 Å². The zero-order valence-electron chi connectivity index (χ0n) is 8.92. The molecule has 1 rings (SSSR count). The molecule has 0 saturated carbocycles. The van der Waals surface area contributed by atoms with E-state index in [2.05, 4.69) is 22.2 Å². The molecule has 0 atom stereocenters. The Bertz CT molecular complexity index is 265. The number of halogens is 1. The fraction of sp³-hybridized carbons (Fsp3) is 0.667. The highest BCUT2D eigenvalue weighted by Gasteiger charge is 2.08.